The number of carbonyl (C=O) groups is 3. The predicted octanol–water partition coefficient (Wildman–Crippen LogP) is 2.55. The van der Waals surface area contributed by atoms with Gasteiger partial charge in [0.25, 0.3) is 11.8 Å². The van der Waals surface area contributed by atoms with E-state index in [4.69, 9.17) is 4.74 Å². The third-order valence-corrected chi connectivity index (χ3v) is 4.36. The molecule has 0 bridgehead atoms. The molecular weight excluding hydrogens is 402 g/mol. The SMILES string of the molecule is O=C(COC(=O)c1[nH]c2ccccc2c1Br)NNC(=O)c1ccccc1. The molecule has 8 heteroatoms. The third-order valence-electron chi connectivity index (χ3n) is 3.53. The molecule has 2 amide bonds. The molecule has 3 rings (SSSR count). The molecule has 132 valence electrons. The fourth-order valence-corrected chi connectivity index (χ4v) is 2.88. The number of H-pyrrole nitrogens is 1. The van der Waals surface area contributed by atoms with Crippen LogP contribution < -0.4 is 10.9 Å². The van der Waals surface area contributed by atoms with Gasteiger partial charge in [0.1, 0.15) is 5.69 Å². The number of rotatable bonds is 4. The molecule has 3 N–H and O–H groups in total. The topological polar surface area (TPSA) is 100 Å². The van der Waals surface area contributed by atoms with E-state index >= 15 is 0 Å². The molecule has 0 aliphatic heterocycles. The number of hydrogen-bond donors (Lipinski definition) is 3. The van der Waals surface area contributed by atoms with Crippen molar-refractivity contribution < 1.29 is 19.1 Å². The predicted molar refractivity (Wildman–Crippen MR) is 98.3 cm³/mol. The highest BCUT2D eigenvalue weighted by atomic mass is 79.9. The monoisotopic (exact) mass is 415 g/mol. The summed E-state index contributed by atoms with van der Waals surface area (Å²) in [6.07, 6.45) is 0. The van der Waals surface area contributed by atoms with Gasteiger partial charge in [0.2, 0.25) is 0 Å². The molecule has 0 atom stereocenters. The Morgan fingerprint density at radius 3 is 2.38 bits per heavy atom. The molecule has 0 saturated carbocycles. The van der Waals surface area contributed by atoms with Crippen LogP contribution in [0.25, 0.3) is 10.9 Å². The molecule has 0 unspecified atom stereocenters. The Kier molecular flexibility index (Phi) is 5.33. The number of fused-ring (bicyclic) bond motifs is 1. The summed E-state index contributed by atoms with van der Waals surface area (Å²) in [5, 5.41) is 0.832. The number of aromatic amines is 1. The van der Waals surface area contributed by atoms with E-state index in [0.29, 0.717) is 10.0 Å². The third kappa shape index (κ3) is 3.92. The second-order valence-electron chi connectivity index (χ2n) is 5.30. The molecule has 0 aliphatic carbocycles. The number of ether oxygens (including phenoxy) is 1. The lowest BCUT2D eigenvalue weighted by Crippen LogP contribution is -2.43. The van der Waals surface area contributed by atoms with E-state index in [9.17, 15) is 14.4 Å². The van der Waals surface area contributed by atoms with Gasteiger partial charge in [-0.3, -0.25) is 20.4 Å². The van der Waals surface area contributed by atoms with Crippen molar-refractivity contribution in [2.75, 3.05) is 6.61 Å². The number of amides is 2. The second-order valence-corrected chi connectivity index (χ2v) is 6.10. The molecule has 0 radical (unpaired) electrons. The molecule has 1 aromatic heterocycles. The Balaban J connectivity index is 1.53. The number of nitrogens with one attached hydrogen (secondary N) is 3. The lowest BCUT2D eigenvalue weighted by Gasteiger charge is -2.08. The number of para-hydroxylation sites is 1. The Hall–Kier alpha value is -3.13. The summed E-state index contributed by atoms with van der Waals surface area (Å²) in [6.45, 7) is -0.532. The first-order chi connectivity index (χ1) is 12.6. The lowest BCUT2D eigenvalue weighted by molar-refractivity contribution is -0.125. The van der Waals surface area contributed by atoms with Crippen LogP contribution in [0.4, 0.5) is 0 Å². The number of hydrogen-bond acceptors (Lipinski definition) is 4. The van der Waals surface area contributed by atoms with Crippen molar-refractivity contribution >= 4 is 44.6 Å². The van der Waals surface area contributed by atoms with Crippen LogP contribution in [-0.4, -0.2) is 29.4 Å². The number of halogens is 1. The average Bonchev–Trinajstić information content (AvgIpc) is 3.02. The summed E-state index contributed by atoms with van der Waals surface area (Å²) >= 11 is 3.35. The van der Waals surface area contributed by atoms with Gasteiger partial charge in [-0.05, 0) is 34.1 Å². The highest BCUT2D eigenvalue weighted by Gasteiger charge is 2.18. The minimum absolute atomic E-state index is 0.215. The summed E-state index contributed by atoms with van der Waals surface area (Å²) < 4.78 is 5.54. The Bertz CT molecular complexity index is 969. The quantitative estimate of drug-likeness (QED) is 0.450. The Morgan fingerprint density at radius 1 is 0.962 bits per heavy atom. The molecule has 0 saturated heterocycles. The van der Waals surface area contributed by atoms with Crippen molar-refractivity contribution in [1.29, 1.82) is 0 Å². The van der Waals surface area contributed by atoms with E-state index in [0.717, 1.165) is 10.9 Å². The Morgan fingerprint density at radius 2 is 1.65 bits per heavy atom. The van der Waals surface area contributed by atoms with Gasteiger partial charge in [0.15, 0.2) is 6.61 Å². The number of hydrazine groups is 1. The lowest BCUT2D eigenvalue weighted by atomic mass is 10.2. The van der Waals surface area contributed by atoms with Crippen LogP contribution in [0.2, 0.25) is 0 Å². The molecular formula is C18H14BrN3O4. The van der Waals surface area contributed by atoms with Crippen LogP contribution in [0.1, 0.15) is 20.8 Å². The maximum absolute atomic E-state index is 12.1. The summed E-state index contributed by atoms with van der Waals surface area (Å²) in [5.41, 5.74) is 5.82. The smallest absolute Gasteiger partial charge is 0.356 e. The molecule has 26 heavy (non-hydrogen) atoms. The first-order valence-corrected chi connectivity index (χ1v) is 8.43. The van der Waals surface area contributed by atoms with Crippen molar-refractivity contribution in [2.24, 2.45) is 0 Å². The van der Waals surface area contributed by atoms with E-state index in [1.54, 1.807) is 30.3 Å². The Labute approximate surface area is 156 Å². The molecule has 3 aromatic rings. The van der Waals surface area contributed by atoms with E-state index in [-0.39, 0.29) is 5.69 Å². The zero-order chi connectivity index (χ0) is 18.5. The van der Waals surface area contributed by atoms with Gasteiger partial charge in [0.05, 0.1) is 4.47 Å². The van der Waals surface area contributed by atoms with Crippen LogP contribution in [0.15, 0.2) is 59.1 Å². The number of carbonyl (C=O) groups excluding carboxylic acids is 3. The minimum atomic E-state index is -0.683. The summed E-state index contributed by atoms with van der Waals surface area (Å²) in [4.78, 5) is 38.6. The fourth-order valence-electron chi connectivity index (χ4n) is 2.28. The number of aromatic nitrogens is 1. The van der Waals surface area contributed by atoms with E-state index in [2.05, 4.69) is 31.8 Å². The number of esters is 1. The summed E-state index contributed by atoms with van der Waals surface area (Å²) in [6, 6.07) is 15.7. The largest absolute Gasteiger partial charge is 0.451 e. The van der Waals surface area contributed by atoms with Gasteiger partial charge in [-0.15, -0.1) is 0 Å². The molecule has 0 spiro atoms. The van der Waals surface area contributed by atoms with E-state index in [1.165, 1.54) is 0 Å². The van der Waals surface area contributed by atoms with Gasteiger partial charge in [-0.2, -0.15) is 0 Å². The van der Waals surface area contributed by atoms with Crippen molar-refractivity contribution in [3.63, 3.8) is 0 Å². The van der Waals surface area contributed by atoms with Crippen molar-refractivity contribution in [2.45, 2.75) is 0 Å². The van der Waals surface area contributed by atoms with Crippen LogP contribution >= 0.6 is 15.9 Å². The zero-order valence-electron chi connectivity index (χ0n) is 13.4. The second kappa shape index (κ2) is 7.83. The molecule has 1 heterocycles. The minimum Gasteiger partial charge on any atom is -0.451 e. The standard InChI is InChI=1S/C18H14BrN3O4/c19-15-12-8-4-5-9-13(12)20-16(15)18(25)26-10-14(23)21-22-17(24)11-6-2-1-3-7-11/h1-9,20H,10H2,(H,21,23)(H,22,24). The maximum atomic E-state index is 12.1. The van der Waals surface area contributed by atoms with Gasteiger partial charge >= 0.3 is 5.97 Å². The summed E-state index contributed by atoms with van der Waals surface area (Å²) in [5.74, 6) is -1.81. The molecule has 0 aliphatic rings. The van der Waals surface area contributed by atoms with Crippen molar-refractivity contribution in [3.05, 3.63) is 70.3 Å². The highest BCUT2D eigenvalue weighted by molar-refractivity contribution is 9.10. The molecule has 0 fully saturated rings. The van der Waals surface area contributed by atoms with Crippen LogP contribution in [0, 0.1) is 0 Å². The highest BCUT2D eigenvalue weighted by Crippen LogP contribution is 2.28. The van der Waals surface area contributed by atoms with Crippen LogP contribution in [0.3, 0.4) is 0 Å². The normalized spacial score (nSPS) is 10.3. The number of benzene rings is 2. The maximum Gasteiger partial charge on any atom is 0.356 e. The van der Waals surface area contributed by atoms with E-state index in [1.807, 2.05) is 24.3 Å². The first kappa shape index (κ1) is 17.7. The average molecular weight is 416 g/mol. The summed E-state index contributed by atoms with van der Waals surface area (Å²) in [7, 11) is 0. The van der Waals surface area contributed by atoms with E-state index < -0.39 is 24.4 Å². The first-order valence-electron chi connectivity index (χ1n) is 7.64. The van der Waals surface area contributed by atoms with Gasteiger partial charge < -0.3 is 9.72 Å². The van der Waals surface area contributed by atoms with Crippen LogP contribution in [-0.2, 0) is 9.53 Å². The van der Waals surface area contributed by atoms with Gasteiger partial charge in [0, 0.05) is 16.5 Å². The zero-order valence-corrected chi connectivity index (χ0v) is 15.0. The van der Waals surface area contributed by atoms with Gasteiger partial charge in [-0.25, -0.2) is 4.79 Å². The fraction of sp³-hybridized carbons (Fsp3) is 0.0556. The van der Waals surface area contributed by atoms with Crippen molar-refractivity contribution in [1.82, 2.24) is 15.8 Å². The molecule has 2 aromatic carbocycles. The van der Waals surface area contributed by atoms with Crippen molar-refractivity contribution in [3.8, 4) is 0 Å². The van der Waals surface area contributed by atoms with Crippen LogP contribution in [0.5, 0.6) is 0 Å². The molecule has 7 nitrogen and oxygen atoms in total. The van der Waals surface area contributed by atoms with Gasteiger partial charge in [-0.1, -0.05) is 36.4 Å².